The first-order chi connectivity index (χ1) is 8.29. The van der Waals surface area contributed by atoms with E-state index < -0.39 is 17.7 Å². The third-order valence-electron chi connectivity index (χ3n) is 2.70. The van der Waals surface area contributed by atoms with Gasteiger partial charge in [-0.2, -0.15) is 13.2 Å². The average molecular weight is 297 g/mol. The molecule has 7 heteroatoms. The van der Waals surface area contributed by atoms with E-state index in [0.717, 1.165) is 6.07 Å². The summed E-state index contributed by atoms with van der Waals surface area (Å²) >= 11 is 11.4. The zero-order valence-electron chi connectivity index (χ0n) is 8.98. The lowest BCUT2D eigenvalue weighted by atomic mass is 9.94. The Balaban J connectivity index is 2.55. The molecule has 0 spiro atoms. The Morgan fingerprint density at radius 2 is 1.83 bits per heavy atom. The normalized spacial score (nSPS) is 19.6. The maximum Gasteiger partial charge on any atom is 0.416 e. The topological polar surface area (TPSA) is 38.0 Å². The lowest BCUT2D eigenvalue weighted by Gasteiger charge is -2.17. The smallest absolute Gasteiger partial charge is 0.386 e. The summed E-state index contributed by atoms with van der Waals surface area (Å²) in [4.78, 5) is 0. The van der Waals surface area contributed by atoms with E-state index in [2.05, 4.69) is 5.32 Å². The van der Waals surface area contributed by atoms with Gasteiger partial charge in [0.05, 0.1) is 21.4 Å². The van der Waals surface area contributed by atoms with Gasteiger partial charge < -0.3 is 11.1 Å². The van der Waals surface area contributed by atoms with Crippen LogP contribution < -0.4 is 11.1 Å². The van der Waals surface area contributed by atoms with Crippen LogP contribution in [0.15, 0.2) is 24.0 Å². The Kier molecular flexibility index (Phi) is 3.38. The number of nitrogens with two attached hydrogens (primary N) is 1. The monoisotopic (exact) mass is 296 g/mol. The second-order valence-corrected chi connectivity index (χ2v) is 4.78. The molecule has 1 aromatic rings. The summed E-state index contributed by atoms with van der Waals surface area (Å²) in [6.07, 6.45) is -2.94. The van der Waals surface area contributed by atoms with Crippen LogP contribution in [0.1, 0.15) is 17.0 Å². The van der Waals surface area contributed by atoms with Gasteiger partial charge in [0.1, 0.15) is 0 Å². The van der Waals surface area contributed by atoms with Crippen molar-refractivity contribution in [2.75, 3.05) is 6.54 Å². The minimum absolute atomic E-state index is 0.0739. The van der Waals surface area contributed by atoms with Crippen LogP contribution in [0.25, 0.3) is 0 Å². The van der Waals surface area contributed by atoms with Gasteiger partial charge in [-0.05, 0) is 23.8 Å². The molecule has 98 valence electrons. The standard InChI is InChI=1S/C11H9Cl2F3N2/c12-8-2-6(5-1-10(17)18-4-5)7(3-9(8)13)11(14,15)16/h1-3,5,18H,4,17H2. The minimum Gasteiger partial charge on any atom is -0.386 e. The molecule has 0 aromatic heterocycles. The van der Waals surface area contributed by atoms with Crippen molar-refractivity contribution in [3.63, 3.8) is 0 Å². The van der Waals surface area contributed by atoms with Gasteiger partial charge in [-0.1, -0.05) is 23.2 Å². The third kappa shape index (κ3) is 2.52. The van der Waals surface area contributed by atoms with Crippen molar-refractivity contribution in [2.24, 2.45) is 5.73 Å². The van der Waals surface area contributed by atoms with Gasteiger partial charge in [0.15, 0.2) is 0 Å². The van der Waals surface area contributed by atoms with Crippen LogP contribution >= 0.6 is 23.2 Å². The van der Waals surface area contributed by atoms with E-state index in [1.165, 1.54) is 12.1 Å². The molecule has 0 saturated heterocycles. The van der Waals surface area contributed by atoms with Crippen LogP contribution in [0.4, 0.5) is 13.2 Å². The van der Waals surface area contributed by atoms with Crippen LogP contribution in [0.3, 0.4) is 0 Å². The number of nitrogens with one attached hydrogen (secondary N) is 1. The molecule has 18 heavy (non-hydrogen) atoms. The zero-order valence-corrected chi connectivity index (χ0v) is 10.5. The molecule has 1 heterocycles. The number of hydrogen-bond donors (Lipinski definition) is 2. The summed E-state index contributed by atoms with van der Waals surface area (Å²) in [6.45, 7) is 0.312. The number of alkyl halides is 3. The largest absolute Gasteiger partial charge is 0.416 e. The molecule has 0 amide bonds. The SMILES string of the molecule is NC1=CC(c2cc(Cl)c(Cl)cc2C(F)(F)F)CN1. The van der Waals surface area contributed by atoms with Gasteiger partial charge in [-0.15, -0.1) is 0 Å². The second-order valence-electron chi connectivity index (χ2n) is 3.96. The van der Waals surface area contributed by atoms with E-state index >= 15 is 0 Å². The van der Waals surface area contributed by atoms with Crippen molar-refractivity contribution in [3.05, 3.63) is 45.2 Å². The number of halogens is 5. The van der Waals surface area contributed by atoms with Gasteiger partial charge in [-0.25, -0.2) is 0 Å². The Labute approximate surface area is 112 Å². The van der Waals surface area contributed by atoms with E-state index in [-0.39, 0.29) is 15.6 Å². The highest BCUT2D eigenvalue weighted by Gasteiger charge is 2.36. The average Bonchev–Trinajstić information content (AvgIpc) is 2.67. The lowest BCUT2D eigenvalue weighted by molar-refractivity contribution is -0.138. The molecule has 1 atom stereocenters. The zero-order chi connectivity index (χ0) is 13.5. The summed E-state index contributed by atoms with van der Waals surface area (Å²) in [7, 11) is 0. The molecule has 1 unspecified atom stereocenters. The molecule has 2 nitrogen and oxygen atoms in total. The minimum atomic E-state index is -4.48. The highest BCUT2D eigenvalue weighted by Crippen LogP contribution is 2.40. The van der Waals surface area contributed by atoms with E-state index in [1.807, 2.05) is 0 Å². The Bertz CT molecular complexity index is 512. The van der Waals surface area contributed by atoms with Gasteiger partial charge in [0, 0.05) is 12.5 Å². The van der Waals surface area contributed by atoms with E-state index in [1.54, 1.807) is 0 Å². The van der Waals surface area contributed by atoms with Gasteiger partial charge in [0.25, 0.3) is 0 Å². The first kappa shape index (κ1) is 13.4. The van der Waals surface area contributed by atoms with E-state index in [9.17, 15) is 13.2 Å². The summed E-state index contributed by atoms with van der Waals surface area (Å²) < 4.78 is 38.8. The first-order valence-corrected chi connectivity index (χ1v) is 5.82. The fourth-order valence-electron chi connectivity index (χ4n) is 1.88. The van der Waals surface area contributed by atoms with Crippen molar-refractivity contribution in [1.29, 1.82) is 0 Å². The molecule has 3 N–H and O–H groups in total. The van der Waals surface area contributed by atoms with E-state index in [4.69, 9.17) is 28.9 Å². The fraction of sp³-hybridized carbons (Fsp3) is 0.273. The van der Waals surface area contributed by atoms with Crippen LogP contribution in [-0.4, -0.2) is 6.54 Å². The van der Waals surface area contributed by atoms with E-state index in [0.29, 0.717) is 12.4 Å². The Hall–Kier alpha value is -1.07. The molecule has 0 fully saturated rings. The van der Waals surface area contributed by atoms with Gasteiger partial charge >= 0.3 is 6.18 Å². The molecular weight excluding hydrogens is 288 g/mol. The van der Waals surface area contributed by atoms with Crippen molar-refractivity contribution >= 4 is 23.2 Å². The predicted molar refractivity (Wildman–Crippen MR) is 64.5 cm³/mol. The quantitative estimate of drug-likeness (QED) is 0.832. The number of benzene rings is 1. The van der Waals surface area contributed by atoms with Gasteiger partial charge in [-0.3, -0.25) is 0 Å². The molecule has 0 saturated carbocycles. The maximum absolute atomic E-state index is 12.9. The number of rotatable bonds is 1. The van der Waals surface area contributed by atoms with Gasteiger partial charge in [0.2, 0.25) is 0 Å². The molecule has 1 aliphatic rings. The van der Waals surface area contributed by atoms with Crippen LogP contribution in [0.5, 0.6) is 0 Å². The summed E-state index contributed by atoms with van der Waals surface area (Å²) in [5, 5.41) is 2.76. The van der Waals surface area contributed by atoms with Crippen LogP contribution in [0, 0.1) is 0 Å². The molecule has 1 aliphatic heterocycles. The third-order valence-corrected chi connectivity index (χ3v) is 3.43. The highest BCUT2D eigenvalue weighted by molar-refractivity contribution is 6.42. The molecule has 0 bridgehead atoms. The summed E-state index contributed by atoms with van der Waals surface area (Å²) in [6, 6.07) is 2.09. The van der Waals surface area contributed by atoms with Crippen molar-refractivity contribution < 1.29 is 13.2 Å². The molecule has 2 rings (SSSR count). The van der Waals surface area contributed by atoms with Crippen LogP contribution in [-0.2, 0) is 6.18 Å². The van der Waals surface area contributed by atoms with Crippen molar-refractivity contribution in [1.82, 2.24) is 5.32 Å². The second kappa shape index (κ2) is 4.55. The van der Waals surface area contributed by atoms with Crippen molar-refractivity contribution in [2.45, 2.75) is 12.1 Å². The Morgan fingerprint density at radius 3 is 2.33 bits per heavy atom. The Morgan fingerprint density at radius 1 is 1.22 bits per heavy atom. The highest BCUT2D eigenvalue weighted by atomic mass is 35.5. The van der Waals surface area contributed by atoms with Crippen LogP contribution in [0.2, 0.25) is 10.0 Å². The molecular formula is C11H9Cl2F3N2. The maximum atomic E-state index is 12.9. The lowest BCUT2D eigenvalue weighted by Crippen LogP contribution is -2.18. The number of hydrogen-bond acceptors (Lipinski definition) is 2. The molecule has 0 radical (unpaired) electrons. The first-order valence-electron chi connectivity index (χ1n) is 5.06. The fourth-order valence-corrected chi connectivity index (χ4v) is 2.21. The summed E-state index contributed by atoms with van der Waals surface area (Å²) in [5.74, 6) is -0.101. The van der Waals surface area contributed by atoms with Crippen molar-refractivity contribution in [3.8, 4) is 0 Å². The molecule has 0 aliphatic carbocycles. The molecule has 1 aromatic carbocycles. The predicted octanol–water partition coefficient (Wildman–Crippen LogP) is 3.50. The summed E-state index contributed by atoms with van der Waals surface area (Å²) in [5.41, 5.74) is 4.79.